The van der Waals surface area contributed by atoms with Crippen molar-refractivity contribution in [3.05, 3.63) is 51.2 Å². The maximum absolute atomic E-state index is 11.2. The van der Waals surface area contributed by atoms with E-state index in [2.05, 4.69) is 4.98 Å². The van der Waals surface area contributed by atoms with Crippen LogP contribution < -0.4 is 4.74 Å². The van der Waals surface area contributed by atoms with Crippen LogP contribution in [0.1, 0.15) is 27.7 Å². The lowest BCUT2D eigenvalue weighted by Crippen LogP contribution is -2.07. The largest absolute Gasteiger partial charge is 0.483 e. The first-order valence-corrected chi connectivity index (χ1v) is 5.96. The normalized spacial score (nSPS) is 10.4. The smallest absolute Gasteiger partial charge is 0.346 e. The minimum absolute atomic E-state index is 0.106. The second kappa shape index (κ2) is 5.61. The van der Waals surface area contributed by atoms with E-state index < -0.39 is 22.1 Å². The second-order valence-corrected chi connectivity index (χ2v) is 4.25. The predicted octanol–water partition coefficient (Wildman–Crippen LogP) is 2.48. The number of nitro benzene ring substituents is 1. The number of hydrogen-bond donors (Lipinski definition) is 1. The predicted molar refractivity (Wildman–Crippen MR) is 70.4 cm³/mol. The van der Waals surface area contributed by atoms with Crippen molar-refractivity contribution in [2.75, 3.05) is 0 Å². The number of nitro groups is 1. The molecule has 0 amide bonds. The molecule has 0 atom stereocenters. The Morgan fingerprint density at radius 2 is 2.19 bits per heavy atom. The molecular formula is C13H12N2O6. The van der Waals surface area contributed by atoms with Crippen LogP contribution in [0.15, 0.2) is 22.6 Å². The van der Waals surface area contributed by atoms with Gasteiger partial charge in [-0.15, -0.1) is 0 Å². The van der Waals surface area contributed by atoms with Crippen molar-refractivity contribution < 1.29 is 24.0 Å². The highest BCUT2D eigenvalue weighted by atomic mass is 16.6. The highest BCUT2D eigenvalue weighted by Gasteiger charge is 2.25. The van der Waals surface area contributed by atoms with Gasteiger partial charge in [-0.1, -0.05) is 6.07 Å². The van der Waals surface area contributed by atoms with E-state index >= 15 is 0 Å². The molecular weight excluding hydrogens is 280 g/mol. The van der Waals surface area contributed by atoms with Gasteiger partial charge in [-0.25, -0.2) is 9.78 Å². The van der Waals surface area contributed by atoms with E-state index in [1.807, 2.05) is 0 Å². The molecule has 1 aromatic heterocycles. The summed E-state index contributed by atoms with van der Waals surface area (Å²) >= 11 is 0. The molecule has 1 aromatic carbocycles. The number of oxazole rings is 1. The molecule has 0 saturated heterocycles. The molecule has 0 radical (unpaired) electrons. The molecule has 0 fully saturated rings. The molecule has 0 saturated carbocycles. The van der Waals surface area contributed by atoms with Crippen LogP contribution in [-0.2, 0) is 6.61 Å². The number of ether oxygens (including phenoxy) is 1. The van der Waals surface area contributed by atoms with Gasteiger partial charge in [0.05, 0.1) is 10.6 Å². The number of nitrogens with zero attached hydrogens (tertiary/aromatic N) is 2. The third-order valence-electron chi connectivity index (χ3n) is 2.84. The van der Waals surface area contributed by atoms with E-state index in [1.54, 1.807) is 13.8 Å². The standard InChI is InChI=1S/C13H12N2O6/c1-7-8(2)21-11(14-7)6-20-10-5-3-4-9(15(18)19)12(10)13(16)17/h3-5H,6H2,1-2H3,(H,16,17). The minimum atomic E-state index is -1.43. The Morgan fingerprint density at radius 1 is 1.48 bits per heavy atom. The van der Waals surface area contributed by atoms with Crippen molar-refractivity contribution in [2.45, 2.75) is 20.5 Å². The summed E-state index contributed by atoms with van der Waals surface area (Å²) < 4.78 is 10.6. The summed E-state index contributed by atoms with van der Waals surface area (Å²) in [6.45, 7) is 3.39. The molecule has 1 N–H and O–H groups in total. The van der Waals surface area contributed by atoms with Crippen LogP contribution in [0, 0.1) is 24.0 Å². The second-order valence-electron chi connectivity index (χ2n) is 4.25. The van der Waals surface area contributed by atoms with Gasteiger partial charge in [-0.2, -0.15) is 0 Å². The van der Waals surface area contributed by atoms with Gasteiger partial charge in [-0.3, -0.25) is 10.1 Å². The fourth-order valence-corrected chi connectivity index (χ4v) is 1.75. The van der Waals surface area contributed by atoms with Gasteiger partial charge in [0.15, 0.2) is 12.2 Å². The quantitative estimate of drug-likeness (QED) is 0.664. The Bertz CT molecular complexity index is 687. The van der Waals surface area contributed by atoms with E-state index in [1.165, 1.54) is 12.1 Å². The summed E-state index contributed by atoms with van der Waals surface area (Å²) in [7, 11) is 0. The lowest BCUT2D eigenvalue weighted by molar-refractivity contribution is -0.385. The Balaban J connectivity index is 2.29. The number of aromatic carboxylic acids is 1. The number of aromatic nitrogens is 1. The van der Waals surface area contributed by atoms with Crippen molar-refractivity contribution in [3.8, 4) is 5.75 Å². The van der Waals surface area contributed by atoms with Crippen LogP contribution in [0.4, 0.5) is 5.69 Å². The molecule has 0 spiro atoms. The third-order valence-corrected chi connectivity index (χ3v) is 2.84. The van der Waals surface area contributed by atoms with Crippen LogP contribution in [0.3, 0.4) is 0 Å². The molecule has 0 bridgehead atoms. The van der Waals surface area contributed by atoms with Crippen LogP contribution in [0.2, 0.25) is 0 Å². The molecule has 8 nitrogen and oxygen atoms in total. The van der Waals surface area contributed by atoms with E-state index in [0.29, 0.717) is 11.5 Å². The van der Waals surface area contributed by atoms with Crippen molar-refractivity contribution in [1.82, 2.24) is 4.98 Å². The van der Waals surface area contributed by atoms with Gasteiger partial charge in [0.25, 0.3) is 5.69 Å². The Morgan fingerprint density at radius 3 is 2.71 bits per heavy atom. The third kappa shape index (κ3) is 2.99. The number of carboxylic acids is 1. The van der Waals surface area contributed by atoms with Gasteiger partial charge in [0.2, 0.25) is 5.89 Å². The summed E-state index contributed by atoms with van der Waals surface area (Å²) in [5, 5.41) is 20.0. The van der Waals surface area contributed by atoms with Crippen LogP contribution in [0.25, 0.3) is 0 Å². The zero-order chi connectivity index (χ0) is 15.6. The van der Waals surface area contributed by atoms with Gasteiger partial charge in [0, 0.05) is 6.07 Å². The fraction of sp³-hybridized carbons (Fsp3) is 0.231. The molecule has 1 heterocycles. The number of carbonyl (C=O) groups is 1. The van der Waals surface area contributed by atoms with Gasteiger partial charge >= 0.3 is 5.97 Å². The minimum Gasteiger partial charge on any atom is -0.483 e. The number of rotatable bonds is 5. The molecule has 8 heteroatoms. The SMILES string of the molecule is Cc1nc(COc2cccc([N+](=O)[O-])c2C(=O)O)oc1C. The number of aryl methyl sites for hydroxylation is 2. The molecule has 2 aromatic rings. The van der Waals surface area contributed by atoms with Gasteiger partial charge in [0.1, 0.15) is 11.5 Å². The summed E-state index contributed by atoms with van der Waals surface area (Å²) in [6.07, 6.45) is 0. The molecule has 0 unspecified atom stereocenters. The maximum atomic E-state index is 11.2. The molecule has 0 aliphatic carbocycles. The number of hydrogen-bond acceptors (Lipinski definition) is 6. The van der Waals surface area contributed by atoms with E-state index in [4.69, 9.17) is 14.3 Å². The summed E-state index contributed by atoms with van der Waals surface area (Å²) in [5.41, 5.74) is -0.326. The fourth-order valence-electron chi connectivity index (χ4n) is 1.75. The zero-order valence-corrected chi connectivity index (χ0v) is 11.3. The van der Waals surface area contributed by atoms with Crippen LogP contribution in [-0.4, -0.2) is 21.0 Å². The highest BCUT2D eigenvalue weighted by Crippen LogP contribution is 2.28. The highest BCUT2D eigenvalue weighted by molar-refractivity contribution is 5.95. The maximum Gasteiger partial charge on any atom is 0.346 e. The van der Waals surface area contributed by atoms with Gasteiger partial charge in [-0.05, 0) is 19.9 Å². The van der Waals surface area contributed by atoms with Gasteiger partial charge < -0.3 is 14.3 Å². The molecule has 21 heavy (non-hydrogen) atoms. The molecule has 0 aliphatic heterocycles. The summed E-state index contributed by atoms with van der Waals surface area (Å²) in [5.74, 6) is -0.638. The zero-order valence-electron chi connectivity index (χ0n) is 11.3. The Hall–Kier alpha value is -2.90. The van der Waals surface area contributed by atoms with Crippen LogP contribution in [0.5, 0.6) is 5.75 Å². The number of benzene rings is 1. The van der Waals surface area contributed by atoms with Crippen molar-refractivity contribution in [3.63, 3.8) is 0 Å². The number of carboxylic acid groups (broad SMARTS) is 1. The molecule has 2 rings (SSSR count). The molecule has 110 valence electrons. The lowest BCUT2D eigenvalue weighted by atomic mass is 10.1. The van der Waals surface area contributed by atoms with E-state index in [0.717, 1.165) is 6.07 Å². The topological polar surface area (TPSA) is 116 Å². The average molecular weight is 292 g/mol. The monoisotopic (exact) mass is 292 g/mol. The van der Waals surface area contributed by atoms with Crippen molar-refractivity contribution >= 4 is 11.7 Å². The first-order chi connectivity index (χ1) is 9.90. The average Bonchev–Trinajstić information content (AvgIpc) is 2.74. The van der Waals surface area contributed by atoms with Crippen LogP contribution >= 0.6 is 0 Å². The molecule has 0 aliphatic rings. The van der Waals surface area contributed by atoms with E-state index in [9.17, 15) is 14.9 Å². The Labute approximate surface area is 119 Å². The summed E-state index contributed by atoms with van der Waals surface area (Å²) in [4.78, 5) is 25.4. The lowest BCUT2D eigenvalue weighted by Gasteiger charge is -2.07. The summed E-state index contributed by atoms with van der Waals surface area (Å²) in [6, 6.07) is 3.81. The van der Waals surface area contributed by atoms with Crippen molar-refractivity contribution in [2.24, 2.45) is 0 Å². The Kier molecular flexibility index (Phi) is 3.88. The first kappa shape index (κ1) is 14.5. The van der Waals surface area contributed by atoms with Crippen molar-refractivity contribution in [1.29, 1.82) is 0 Å². The first-order valence-electron chi connectivity index (χ1n) is 5.96. The van der Waals surface area contributed by atoms with E-state index in [-0.39, 0.29) is 18.2 Å².